The molecule has 1 fully saturated rings. The van der Waals surface area contributed by atoms with Crippen LogP contribution < -0.4 is 15.4 Å². The van der Waals surface area contributed by atoms with Crippen LogP contribution in [0.5, 0.6) is 5.75 Å². The lowest BCUT2D eigenvalue weighted by Gasteiger charge is -2.13. The van der Waals surface area contributed by atoms with E-state index in [0.717, 1.165) is 24.2 Å². The minimum absolute atomic E-state index is 0.0759. The van der Waals surface area contributed by atoms with Gasteiger partial charge < -0.3 is 15.4 Å². The molecule has 136 valence electrons. The molecule has 0 atom stereocenters. The number of ether oxygens (including phenoxy) is 1. The lowest BCUT2D eigenvalue weighted by atomic mass is 10.1. The Bertz CT molecular complexity index is 765. The van der Waals surface area contributed by atoms with E-state index in [2.05, 4.69) is 10.6 Å². The number of aryl methyl sites for hydroxylation is 1. The average Bonchev–Trinajstić information content (AvgIpc) is 3.15. The fourth-order valence-electron chi connectivity index (χ4n) is 3.10. The summed E-state index contributed by atoms with van der Waals surface area (Å²) in [6, 6.07) is 14.6. The highest BCUT2D eigenvalue weighted by molar-refractivity contribution is 6.00. The fourth-order valence-corrected chi connectivity index (χ4v) is 3.10. The molecule has 2 amide bonds. The molecule has 2 aromatic rings. The molecule has 2 N–H and O–H groups in total. The molecule has 0 heterocycles. The summed E-state index contributed by atoms with van der Waals surface area (Å²) in [7, 11) is 0. The van der Waals surface area contributed by atoms with Crippen molar-refractivity contribution in [2.24, 2.45) is 0 Å². The van der Waals surface area contributed by atoms with Crippen LogP contribution in [0.2, 0.25) is 0 Å². The summed E-state index contributed by atoms with van der Waals surface area (Å²) in [4.78, 5) is 24.2. The van der Waals surface area contributed by atoms with Gasteiger partial charge in [0.25, 0.3) is 5.91 Å². The highest BCUT2D eigenvalue weighted by Crippen LogP contribution is 2.24. The third-order valence-corrected chi connectivity index (χ3v) is 4.54. The third-order valence-electron chi connectivity index (χ3n) is 4.54. The molecule has 26 heavy (non-hydrogen) atoms. The van der Waals surface area contributed by atoms with E-state index in [9.17, 15) is 9.59 Å². The maximum atomic E-state index is 12.1. The predicted molar refractivity (Wildman–Crippen MR) is 101 cm³/mol. The van der Waals surface area contributed by atoms with Gasteiger partial charge in [0.15, 0.2) is 0 Å². The Morgan fingerprint density at radius 1 is 1.04 bits per heavy atom. The van der Waals surface area contributed by atoms with Crippen molar-refractivity contribution in [3.05, 3.63) is 59.7 Å². The molecule has 1 aliphatic carbocycles. The van der Waals surface area contributed by atoms with Gasteiger partial charge in [0.2, 0.25) is 5.91 Å². The summed E-state index contributed by atoms with van der Waals surface area (Å²) >= 11 is 0. The average molecular weight is 352 g/mol. The van der Waals surface area contributed by atoms with Crippen molar-refractivity contribution >= 4 is 17.5 Å². The van der Waals surface area contributed by atoms with Crippen molar-refractivity contribution in [3.63, 3.8) is 0 Å². The van der Waals surface area contributed by atoms with Crippen molar-refractivity contribution in [3.8, 4) is 5.75 Å². The van der Waals surface area contributed by atoms with Crippen LogP contribution >= 0.6 is 0 Å². The van der Waals surface area contributed by atoms with Gasteiger partial charge in [-0.25, -0.2) is 0 Å². The largest absolute Gasteiger partial charge is 0.490 e. The summed E-state index contributed by atoms with van der Waals surface area (Å²) in [5.41, 5.74) is 2.14. The van der Waals surface area contributed by atoms with E-state index in [1.165, 1.54) is 12.8 Å². The summed E-state index contributed by atoms with van der Waals surface area (Å²) < 4.78 is 5.90. The van der Waals surface area contributed by atoms with Gasteiger partial charge in [-0.15, -0.1) is 0 Å². The number of amides is 2. The molecule has 0 saturated heterocycles. The first kappa shape index (κ1) is 18.0. The molecule has 0 spiro atoms. The molecule has 1 saturated carbocycles. The second kappa shape index (κ2) is 8.52. The van der Waals surface area contributed by atoms with Crippen LogP contribution in [0, 0.1) is 6.92 Å². The van der Waals surface area contributed by atoms with Gasteiger partial charge in [0, 0.05) is 11.3 Å². The van der Waals surface area contributed by atoms with E-state index in [4.69, 9.17) is 4.74 Å². The van der Waals surface area contributed by atoms with E-state index in [0.29, 0.717) is 17.4 Å². The van der Waals surface area contributed by atoms with Crippen molar-refractivity contribution in [2.45, 2.75) is 38.7 Å². The number of rotatable bonds is 6. The Morgan fingerprint density at radius 2 is 1.73 bits per heavy atom. The number of benzene rings is 2. The molecule has 2 aromatic carbocycles. The van der Waals surface area contributed by atoms with Crippen LogP contribution in [0.4, 0.5) is 5.69 Å². The molecule has 0 radical (unpaired) electrons. The normalized spacial score (nSPS) is 14.0. The second-order valence-electron chi connectivity index (χ2n) is 6.59. The first-order chi connectivity index (χ1) is 12.6. The van der Waals surface area contributed by atoms with E-state index in [1.54, 1.807) is 12.1 Å². The van der Waals surface area contributed by atoms with Crippen molar-refractivity contribution in [1.29, 1.82) is 0 Å². The molecule has 3 rings (SSSR count). The topological polar surface area (TPSA) is 67.4 Å². The van der Waals surface area contributed by atoms with Crippen molar-refractivity contribution in [1.82, 2.24) is 5.32 Å². The highest BCUT2D eigenvalue weighted by Gasteiger charge is 2.16. The van der Waals surface area contributed by atoms with E-state index in [-0.39, 0.29) is 18.4 Å². The van der Waals surface area contributed by atoms with Crippen LogP contribution in [0.25, 0.3) is 0 Å². The molecule has 5 nitrogen and oxygen atoms in total. The first-order valence-corrected chi connectivity index (χ1v) is 9.02. The maximum Gasteiger partial charge on any atom is 0.251 e. The Kier molecular flexibility index (Phi) is 5.89. The van der Waals surface area contributed by atoms with Gasteiger partial charge in [-0.05, 0) is 68.5 Å². The third kappa shape index (κ3) is 4.85. The van der Waals surface area contributed by atoms with E-state index in [1.807, 2.05) is 43.3 Å². The lowest BCUT2D eigenvalue weighted by molar-refractivity contribution is -0.115. The zero-order valence-corrected chi connectivity index (χ0v) is 15.0. The van der Waals surface area contributed by atoms with Crippen LogP contribution in [0.1, 0.15) is 41.6 Å². The first-order valence-electron chi connectivity index (χ1n) is 9.02. The van der Waals surface area contributed by atoms with Crippen molar-refractivity contribution in [2.75, 3.05) is 11.9 Å². The molecule has 1 aliphatic rings. The van der Waals surface area contributed by atoms with Crippen LogP contribution in [-0.4, -0.2) is 24.5 Å². The Labute approximate surface area is 153 Å². The number of hydrogen-bond acceptors (Lipinski definition) is 3. The Balaban J connectivity index is 1.47. The summed E-state index contributed by atoms with van der Waals surface area (Å²) in [5, 5.41) is 5.42. The minimum atomic E-state index is -0.267. The maximum absolute atomic E-state index is 12.1. The number of hydrogen-bond donors (Lipinski definition) is 2. The molecular formula is C21H24N2O3. The van der Waals surface area contributed by atoms with Gasteiger partial charge in [0.1, 0.15) is 5.75 Å². The predicted octanol–water partition coefficient (Wildman–Crippen LogP) is 3.68. The molecule has 0 bridgehead atoms. The van der Waals surface area contributed by atoms with Crippen LogP contribution in [-0.2, 0) is 4.79 Å². The summed E-state index contributed by atoms with van der Waals surface area (Å²) in [6.45, 7) is 1.79. The minimum Gasteiger partial charge on any atom is -0.490 e. The van der Waals surface area contributed by atoms with Gasteiger partial charge in [-0.1, -0.05) is 18.2 Å². The summed E-state index contributed by atoms with van der Waals surface area (Å²) in [6.07, 6.45) is 4.99. The van der Waals surface area contributed by atoms with E-state index < -0.39 is 0 Å². The zero-order chi connectivity index (χ0) is 18.4. The zero-order valence-electron chi connectivity index (χ0n) is 15.0. The Morgan fingerprint density at radius 3 is 2.42 bits per heavy atom. The SMILES string of the molecule is Cc1ccccc1C(=O)NCC(=O)Nc1ccc(OC2CCCC2)cc1. The van der Waals surface area contributed by atoms with Gasteiger partial charge in [0.05, 0.1) is 12.6 Å². The van der Waals surface area contributed by atoms with Crippen molar-refractivity contribution < 1.29 is 14.3 Å². The van der Waals surface area contributed by atoms with Gasteiger partial charge in [-0.3, -0.25) is 9.59 Å². The molecular weight excluding hydrogens is 328 g/mol. The van der Waals surface area contributed by atoms with Gasteiger partial charge in [-0.2, -0.15) is 0 Å². The van der Waals surface area contributed by atoms with Crippen LogP contribution in [0.15, 0.2) is 48.5 Å². The van der Waals surface area contributed by atoms with E-state index >= 15 is 0 Å². The van der Waals surface area contributed by atoms with Gasteiger partial charge >= 0.3 is 0 Å². The fraction of sp³-hybridized carbons (Fsp3) is 0.333. The smallest absolute Gasteiger partial charge is 0.251 e. The quantitative estimate of drug-likeness (QED) is 0.833. The Hall–Kier alpha value is -2.82. The van der Waals surface area contributed by atoms with Crippen LogP contribution in [0.3, 0.4) is 0 Å². The molecule has 5 heteroatoms. The molecule has 0 aliphatic heterocycles. The number of carbonyl (C=O) groups is 2. The molecule has 0 unspecified atom stereocenters. The monoisotopic (exact) mass is 352 g/mol. The standard InChI is InChI=1S/C21H24N2O3/c1-15-6-2-5-9-19(15)21(25)22-14-20(24)23-16-10-12-18(13-11-16)26-17-7-3-4-8-17/h2,5-6,9-13,17H,3-4,7-8,14H2,1H3,(H,22,25)(H,23,24). The number of carbonyl (C=O) groups excluding carboxylic acids is 2. The number of nitrogens with one attached hydrogen (secondary N) is 2. The molecule has 0 aromatic heterocycles. The summed E-state index contributed by atoms with van der Waals surface area (Å²) in [5.74, 6) is 0.303. The second-order valence-corrected chi connectivity index (χ2v) is 6.59. The lowest BCUT2D eigenvalue weighted by Crippen LogP contribution is -2.33. The highest BCUT2D eigenvalue weighted by atomic mass is 16.5. The number of anilines is 1.